The molecule has 8 heteroatoms. The molecule has 31 heavy (non-hydrogen) atoms. The van der Waals surface area contributed by atoms with Gasteiger partial charge in [0.05, 0.1) is 6.61 Å². The smallest absolute Gasteiger partial charge is 0.394 e. The van der Waals surface area contributed by atoms with E-state index in [1.807, 2.05) is 30.3 Å². The first-order valence-corrected chi connectivity index (χ1v) is 10.3. The van der Waals surface area contributed by atoms with Crippen molar-refractivity contribution in [2.45, 2.75) is 44.9 Å². The number of amides is 2. The average molecular weight is 425 g/mol. The topological polar surface area (TPSA) is 118 Å². The summed E-state index contributed by atoms with van der Waals surface area (Å²) >= 11 is 0. The number of benzene rings is 1. The van der Waals surface area contributed by atoms with Crippen molar-refractivity contribution >= 4 is 23.5 Å². The van der Waals surface area contributed by atoms with Gasteiger partial charge in [-0.1, -0.05) is 30.3 Å². The van der Waals surface area contributed by atoms with Crippen LogP contribution in [0.15, 0.2) is 54.9 Å². The number of carbonyl (C=O) groups excluding carboxylic acids is 2. The zero-order chi connectivity index (χ0) is 22.3. The molecule has 2 aromatic rings. The van der Waals surface area contributed by atoms with E-state index in [1.165, 1.54) is 0 Å². The quantitative estimate of drug-likeness (QED) is 0.464. The number of hydrogen-bond acceptors (Lipinski definition) is 5. The lowest BCUT2D eigenvalue weighted by Crippen LogP contribution is -2.56. The fourth-order valence-electron chi connectivity index (χ4n) is 3.93. The van der Waals surface area contributed by atoms with Gasteiger partial charge in [0.2, 0.25) is 5.91 Å². The molecule has 1 aliphatic carbocycles. The van der Waals surface area contributed by atoms with E-state index in [0.29, 0.717) is 31.4 Å². The first kappa shape index (κ1) is 22.4. The molecule has 1 atom stereocenters. The third-order valence-corrected chi connectivity index (χ3v) is 5.76. The van der Waals surface area contributed by atoms with Crippen molar-refractivity contribution in [1.29, 1.82) is 0 Å². The Hall–Kier alpha value is -3.26. The molecule has 1 aromatic heterocycles. The predicted molar refractivity (Wildman–Crippen MR) is 114 cm³/mol. The number of aromatic nitrogens is 1. The monoisotopic (exact) mass is 425 g/mol. The number of carboxylic acids is 1. The molecular formula is C23H27N3O5. The molecule has 0 aliphatic heterocycles. The highest BCUT2D eigenvalue weighted by atomic mass is 16.5. The van der Waals surface area contributed by atoms with Gasteiger partial charge in [0.25, 0.3) is 0 Å². The first-order chi connectivity index (χ1) is 14.9. The summed E-state index contributed by atoms with van der Waals surface area (Å²) in [6.45, 7) is 1.94. The fraction of sp³-hybridized carbons (Fsp3) is 0.391. The number of aliphatic carboxylic acids is 1. The largest absolute Gasteiger partial charge is 0.474 e. The second-order valence-corrected chi connectivity index (χ2v) is 7.91. The molecule has 3 rings (SSSR count). The van der Waals surface area contributed by atoms with E-state index in [0.717, 1.165) is 5.56 Å². The summed E-state index contributed by atoms with van der Waals surface area (Å²) in [6, 6.07) is 12.9. The molecule has 2 amide bonds. The SMILES string of the molecule is CC(NC(=O)C(=O)O)(OCc1ccccc1)[C@H]1CC[C@H](C(=O)Nc2ccncc2)CC1. The van der Waals surface area contributed by atoms with Crippen LogP contribution in [0.1, 0.15) is 38.2 Å². The molecule has 0 bridgehead atoms. The van der Waals surface area contributed by atoms with E-state index in [2.05, 4.69) is 15.6 Å². The molecule has 1 heterocycles. The van der Waals surface area contributed by atoms with E-state index in [9.17, 15) is 14.4 Å². The van der Waals surface area contributed by atoms with Gasteiger partial charge in [-0.3, -0.25) is 14.6 Å². The number of rotatable bonds is 7. The lowest BCUT2D eigenvalue weighted by molar-refractivity contribution is -0.162. The number of pyridine rings is 1. The molecular weight excluding hydrogens is 398 g/mol. The maximum Gasteiger partial charge on any atom is 0.394 e. The Morgan fingerprint density at radius 2 is 1.71 bits per heavy atom. The Morgan fingerprint density at radius 1 is 1.06 bits per heavy atom. The van der Waals surface area contributed by atoms with E-state index >= 15 is 0 Å². The molecule has 0 spiro atoms. The number of nitrogens with zero attached hydrogens (tertiary/aromatic N) is 1. The van der Waals surface area contributed by atoms with Crippen LogP contribution in [-0.4, -0.2) is 33.6 Å². The minimum atomic E-state index is -1.56. The van der Waals surface area contributed by atoms with Crippen LogP contribution < -0.4 is 10.6 Å². The summed E-state index contributed by atoms with van der Waals surface area (Å²) in [4.78, 5) is 39.6. The van der Waals surface area contributed by atoms with Crippen molar-refractivity contribution in [3.8, 4) is 0 Å². The van der Waals surface area contributed by atoms with Crippen LogP contribution >= 0.6 is 0 Å². The second kappa shape index (κ2) is 10.2. The van der Waals surface area contributed by atoms with Crippen LogP contribution in [0.5, 0.6) is 0 Å². The zero-order valence-electron chi connectivity index (χ0n) is 17.4. The third kappa shape index (κ3) is 6.11. The van der Waals surface area contributed by atoms with Crippen LogP contribution in [0, 0.1) is 11.8 Å². The highest BCUT2D eigenvalue weighted by molar-refractivity contribution is 6.31. The number of carbonyl (C=O) groups is 3. The van der Waals surface area contributed by atoms with Gasteiger partial charge < -0.3 is 20.5 Å². The van der Waals surface area contributed by atoms with E-state index in [4.69, 9.17) is 9.84 Å². The summed E-state index contributed by atoms with van der Waals surface area (Å²) in [6.07, 6.45) is 5.73. The molecule has 3 N–H and O–H groups in total. The second-order valence-electron chi connectivity index (χ2n) is 7.91. The summed E-state index contributed by atoms with van der Waals surface area (Å²) in [5.74, 6) is -2.98. The number of anilines is 1. The number of hydrogen-bond donors (Lipinski definition) is 3. The van der Waals surface area contributed by atoms with Crippen LogP contribution in [0.2, 0.25) is 0 Å². The Bertz CT molecular complexity index is 898. The molecule has 164 valence electrons. The number of ether oxygens (including phenoxy) is 1. The molecule has 1 fully saturated rings. The van der Waals surface area contributed by atoms with Gasteiger partial charge in [-0.2, -0.15) is 0 Å². The maximum absolute atomic E-state index is 12.6. The maximum atomic E-state index is 12.6. The van der Waals surface area contributed by atoms with Crippen LogP contribution in [0.25, 0.3) is 0 Å². The minimum Gasteiger partial charge on any atom is -0.474 e. The number of carboxylic acid groups (broad SMARTS) is 1. The lowest BCUT2D eigenvalue weighted by Gasteiger charge is -2.41. The van der Waals surface area contributed by atoms with Crippen molar-refractivity contribution < 1.29 is 24.2 Å². The molecule has 0 radical (unpaired) electrons. The van der Waals surface area contributed by atoms with E-state index in [1.54, 1.807) is 31.5 Å². The van der Waals surface area contributed by atoms with Gasteiger partial charge in [0.15, 0.2) is 0 Å². The average Bonchev–Trinajstić information content (AvgIpc) is 2.79. The van der Waals surface area contributed by atoms with Crippen molar-refractivity contribution in [3.63, 3.8) is 0 Å². The Kier molecular flexibility index (Phi) is 7.36. The highest BCUT2D eigenvalue weighted by Gasteiger charge is 2.41. The highest BCUT2D eigenvalue weighted by Crippen LogP contribution is 2.37. The Labute approximate surface area is 181 Å². The van der Waals surface area contributed by atoms with E-state index < -0.39 is 17.6 Å². The van der Waals surface area contributed by atoms with Crippen LogP contribution in [-0.2, 0) is 25.7 Å². The number of nitrogens with one attached hydrogen (secondary N) is 2. The molecule has 0 saturated heterocycles. The van der Waals surface area contributed by atoms with Crippen LogP contribution in [0.3, 0.4) is 0 Å². The van der Waals surface area contributed by atoms with Crippen LogP contribution in [0.4, 0.5) is 5.69 Å². The summed E-state index contributed by atoms with van der Waals surface area (Å²) in [5.41, 5.74) is 0.466. The Balaban J connectivity index is 1.63. The first-order valence-electron chi connectivity index (χ1n) is 10.3. The van der Waals surface area contributed by atoms with Crippen molar-refractivity contribution in [3.05, 3.63) is 60.4 Å². The van der Waals surface area contributed by atoms with Gasteiger partial charge >= 0.3 is 11.9 Å². The standard InChI is InChI=1S/C23H27N3O5/c1-23(26-21(28)22(29)30,31-15-16-5-3-2-4-6-16)18-9-7-17(8-10-18)20(27)25-19-11-13-24-14-12-19/h2-6,11-14,17-18H,7-10,15H2,1H3,(H,26,28)(H,29,30)(H,24,25,27)/t17-,18-,23?. The summed E-state index contributed by atoms with van der Waals surface area (Å²) in [5, 5.41) is 14.5. The van der Waals surface area contributed by atoms with Crippen molar-refractivity contribution in [2.24, 2.45) is 11.8 Å². The summed E-state index contributed by atoms with van der Waals surface area (Å²) in [7, 11) is 0. The van der Waals surface area contributed by atoms with Gasteiger partial charge in [-0.25, -0.2) is 4.79 Å². The molecule has 1 aliphatic rings. The lowest BCUT2D eigenvalue weighted by atomic mass is 9.76. The van der Waals surface area contributed by atoms with Gasteiger partial charge in [0.1, 0.15) is 5.72 Å². The van der Waals surface area contributed by atoms with E-state index in [-0.39, 0.29) is 24.3 Å². The van der Waals surface area contributed by atoms with Gasteiger partial charge in [-0.05, 0) is 50.3 Å². The fourth-order valence-corrected chi connectivity index (χ4v) is 3.93. The van der Waals surface area contributed by atoms with Gasteiger partial charge in [-0.15, -0.1) is 0 Å². The normalized spacial score (nSPS) is 20.3. The molecule has 1 aromatic carbocycles. The zero-order valence-corrected chi connectivity index (χ0v) is 17.4. The third-order valence-electron chi connectivity index (χ3n) is 5.76. The molecule has 1 unspecified atom stereocenters. The molecule has 1 saturated carbocycles. The van der Waals surface area contributed by atoms with Crippen molar-refractivity contribution in [1.82, 2.24) is 10.3 Å². The predicted octanol–water partition coefficient (Wildman–Crippen LogP) is 2.96. The van der Waals surface area contributed by atoms with Crippen molar-refractivity contribution in [2.75, 3.05) is 5.32 Å². The molecule has 8 nitrogen and oxygen atoms in total. The summed E-state index contributed by atoms with van der Waals surface area (Å²) < 4.78 is 6.06. The minimum absolute atomic E-state index is 0.0499. The Morgan fingerprint density at radius 3 is 2.32 bits per heavy atom. The van der Waals surface area contributed by atoms with Gasteiger partial charge in [0, 0.05) is 29.9 Å².